The molecule has 4 rings (SSSR count). The van der Waals surface area contributed by atoms with Crippen LogP contribution in [-0.4, -0.2) is 32.2 Å². The van der Waals surface area contributed by atoms with Crippen molar-refractivity contribution in [1.82, 2.24) is 14.6 Å². The number of amides is 1. The second-order valence-electron chi connectivity index (χ2n) is 7.41. The number of halogens is 1. The zero-order valence-corrected chi connectivity index (χ0v) is 15.4. The summed E-state index contributed by atoms with van der Waals surface area (Å²) in [7, 11) is 0. The predicted molar refractivity (Wildman–Crippen MR) is 102 cm³/mol. The Labute approximate surface area is 156 Å². The number of carbonyl (C=O) groups is 1. The lowest BCUT2D eigenvalue weighted by Gasteiger charge is -2.26. The van der Waals surface area contributed by atoms with Gasteiger partial charge in [-0.15, -0.1) is 0 Å². The first-order chi connectivity index (χ1) is 12.8. The smallest absolute Gasteiger partial charge is 0.252 e. The summed E-state index contributed by atoms with van der Waals surface area (Å²) in [5, 5.41) is 7.56. The Balaban J connectivity index is 1.84. The number of hydrogen-bond donors (Lipinski definition) is 2. The van der Waals surface area contributed by atoms with E-state index in [2.05, 4.69) is 15.4 Å². The van der Waals surface area contributed by atoms with Crippen molar-refractivity contribution in [3.05, 3.63) is 48.0 Å². The molecule has 0 bridgehead atoms. The highest BCUT2D eigenvalue weighted by Crippen LogP contribution is 2.37. The lowest BCUT2D eigenvalue weighted by molar-refractivity contribution is 0.1000. The Kier molecular flexibility index (Phi) is 4.09. The van der Waals surface area contributed by atoms with Crippen molar-refractivity contribution in [2.45, 2.75) is 44.8 Å². The summed E-state index contributed by atoms with van der Waals surface area (Å²) in [6.45, 7) is 3.53. The van der Waals surface area contributed by atoms with E-state index in [0.29, 0.717) is 24.0 Å². The van der Waals surface area contributed by atoms with Crippen LogP contribution in [0, 0.1) is 6.92 Å². The van der Waals surface area contributed by atoms with Gasteiger partial charge >= 0.3 is 0 Å². The highest BCUT2D eigenvalue weighted by Gasteiger charge is 2.39. The molecule has 1 fully saturated rings. The molecule has 0 spiro atoms. The average Bonchev–Trinajstić information content (AvgIpc) is 3.18. The molecule has 1 saturated carbocycles. The summed E-state index contributed by atoms with van der Waals surface area (Å²) < 4.78 is 16.5. The van der Waals surface area contributed by atoms with E-state index in [9.17, 15) is 9.18 Å². The molecule has 0 aromatic carbocycles. The highest BCUT2D eigenvalue weighted by molar-refractivity contribution is 6.02. The van der Waals surface area contributed by atoms with Crippen molar-refractivity contribution in [3.8, 4) is 11.1 Å². The number of aryl methyl sites for hydroxylation is 1. The van der Waals surface area contributed by atoms with Crippen LogP contribution >= 0.6 is 0 Å². The second kappa shape index (κ2) is 6.33. The number of rotatable bonds is 4. The Hall–Kier alpha value is -2.96. The van der Waals surface area contributed by atoms with Crippen LogP contribution in [0.2, 0.25) is 0 Å². The minimum atomic E-state index is -1.33. The van der Waals surface area contributed by atoms with Gasteiger partial charge in [0.15, 0.2) is 0 Å². The van der Waals surface area contributed by atoms with Gasteiger partial charge in [-0.3, -0.25) is 9.78 Å². The second-order valence-corrected chi connectivity index (χ2v) is 7.41. The van der Waals surface area contributed by atoms with Gasteiger partial charge in [-0.2, -0.15) is 5.10 Å². The fourth-order valence-electron chi connectivity index (χ4n) is 3.80. The predicted octanol–water partition coefficient (Wildman–Crippen LogP) is 3.50. The summed E-state index contributed by atoms with van der Waals surface area (Å²) in [6.07, 6.45) is 7.08. The van der Waals surface area contributed by atoms with Crippen LogP contribution in [0.5, 0.6) is 0 Å². The molecule has 0 unspecified atom stereocenters. The molecule has 1 aliphatic rings. The average molecular weight is 367 g/mol. The van der Waals surface area contributed by atoms with Crippen molar-refractivity contribution >= 4 is 17.1 Å². The van der Waals surface area contributed by atoms with Crippen molar-refractivity contribution in [2.24, 2.45) is 5.73 Å². The Morgan fingerprint density at radius 3 is 2.89 bits per heavy atom. The molecule has 140 valence electrons. The van der Waals surface area contributed by atoms with Gasteiger partial charge in [0, 0.05) is 23.7 Å². The molecule has 0 saturated heterocycles. The number of anilines is 1. The van der Waals surface area contributed by atoms with E-state index in [1.165, 1.54) is 6.20 Å². The molecular formula is C20H22FN5O. The maximum absolute atomic E-state index is 14.8. The minimum Gasteiger partial charge on any atom is -0.377 e. The van der Waals surface area contributed by atoms with Gasteiger partial charge in [-0.1, -0.05) is 0 Å². The lowest BCUT2D eigenvalue weighted by atomic mass is 10.0. The quantitative estimate of drug-likeness (QED) is 0.739. The van der Waals surface area contributed by atoms with E-state index >= 15 is 0 Å². The van der Waals surface area contributed by atoms with Gasteiger partial charge in [0.1, 0.15) is 5.67 Å². The van der Waals surface area contributed by atoms with Crippen LogP contribution in [0.4, 0.5) is 10.1 Å². The summed E-state index contributed by atoms with van der Waals surface area (Å²) in [5.41, 5.74) is 8.56. The normalized spacial score (nSPS) is 22.3. The molecule has 3 aromatic heterocycles. The minimum absolute atomic E-state index is 0.265. The van der Waals surface area contributed by atoms with Gasteiger partial charge in [0.25, 0.3) is 5.91 Å². The van der Waals surface area contributed by atoms with Crippen molar-refractivity contribution in [2.75, 3.05) is 5.32 Å². The van der Waals surface area contributed by atoms with Crippen LogP contribution in [0.15, 0.2) is 36.8 Å². The van der Waals surface area contributed by atoms with Gasteiger partial charge in [-0.05, 0) is 56.9 Å². The molecule has 3 N–H and O–H groups in total. The monoisotopic (exact) mass is 367 g/mol. The zero-order chi connectivity index (χ0) is 19.2. The maximum atomic E-state index is 14.8. The maximum Gasteiger partial charge on any atom is 0.252 e. The molecule has 1 aliphatic carbocycles. The van der Waals surface area contributed by atoms with Crippen LogP contribution in [0.25, 0.3) is 16.6 Å². The number of alkyl halides is 1. The van der Waals surface area contributed by atoms with Crippen LogP contribution in [0.3, 0.4) is 0 Å². The van der Waals surface area contributed by atoms with Crippen LogP contribution in [-0.2, 0) is 0 Å². The standard InChI is InChI=1S/C20H22FN5O/c1-12-8-13(5-7-23-12)14-9-16-18(25-17-4-3-6-20(17,2)21)15(19(22)27)10-24-26(16)11-14/h5,7-11,17,25H,3-4,6H2,1-2H3,(H2,22,27)/t17-,20+/m1/s1. The van der Waals surface area contributed by atoms with Crippen molar-refractivity contribution in [3.63, 3.8) is 0 Å². The Morgan fingerprint density at radius 2 is 2.22 bits per heavy atom. The number of fused-ring (bicyclic) bond motifs is 1. The van der Waals surface area contributed by atoms with Gasteiger partial charge in [0.05, 0.1) is 29.0 Å². The summed E-state index contributed by atoms with van der Waals surface area (Å²) in [4.78, 5) is 16.2. The molecule has 27 heavy (non-hydrogen) atoms. The fourth-order valence-corrected chi connectivity index (χ4v) is 3.80. The number of nitrogens with zero attached hydrogens (tertiary/aromatic N) is 3. The van der Waals surface area contributed by atoms with Crippen molar-refractivity contribution in [1.29, 1.82) is 0 Å². The SMILES string of the molecule is Cc1cc(-c2cc3c(N[C@@H]4CCC[C@]4(C)F)c(C(N)=O)cnn3c2)ccn1. The van der Waals surface area contributed by atoms with E-state index in [4.69, 9.17) is 5.73 Å². The first-order valence-electron chi connectivity index (χ1n) is 9.05. The summed E-state index contributed by atoms with van der Waals surface area (Å²) >= 11 is 0. The third kappa shape index (κ3) is 3.13. The number of pyridine rings is 1. The fraction of sp³-hybridized carbons (Fsp3) is 0.350. The number of hydrogen-bond acceptors (Lipinski definition) is 4. The number of aromatic nitrogens is 3. The zero-order valence-electron chi connectivity index (χ0n) is 15.4. The number of primary amides is 1. The molecule has 6 nitrogen and oxygen atoms in total. The Morgan fingerprint density at radius 1 is 1.41 bits per heavy atom. The molecule has 0 aliphatic heterocycles. The molecule has 3 aromatic rings. The molecule has 1 amide bonds. The third-order valence-corrected chi connectivity index (χ3v) is 5.34. The molecule has 2 atom stereocenters. The van der Waals surface area contributed by atoms with Crippen LogP contribution in [0.1, 0.15) is 42.2 Å². The van der Waals surface area contributed by atoms with E-state index in [-0.39, 0.29) is 11.6 Å². The van der Waals surface area contributed by atoms with Gasteiger partial charge in [-0.25, -0.2) is 8.91 Å². The van der Waals surface area contributed by atoms with Gasteiger partial charge < -0.3 is 11.1 Å². The molecular weight excluding hydrogens is 345 g/mol. The Bertz CT molecular complexity index is 1030. The van der Waals surface area contributed by atoms with Crippen molar-refractivity contribution < 1.29 is 9.18 Å². The van der Waals surface area contributed by atoms with E-state index in [1.807, 2.05) is 31.3 Å². The van der Waals surface area contributed by atoms with E-state index in [0.717, 1.165) is 23.2 Å². The summed E-state index contributed by atoms with van der Waals surface area (Å²) in [5.74, 6) is -0.589. The van der Waals surface area contributed by atoms with E-state index in [1.54, 1.807) is 17.6 Å². The molecule has 3 heterocycles. The largest absolute Gasteiger partial charge is 0.377 e. The summed E-state index contributed by atoms with van der Waals surface area (Å²) in [6, 6.07) is 5.45. The van der Waals surface area contributed by atoms with Crippen LogP contribution < -0.4 is 11.1 Å². The lowest BCUT2D eigenvalue weighted by Crippen LogP contribution is -2.36. The topological polar surface area (TPSA) is 85.3 Å². The first-order valence-corrected chi connectivity index (χ1v) is 9.05. The van der Waals surface area contributed by atoms with E-state index < -0.39 is 11.6 Å². The number of nitrogens with one attached hydrogen (secondary N) is 1. The first kappa shape index (κ1) is 17.5. The molecule has 0 radical (unpaired) electrons. The highest BCUT2D eigenvalue weighted by atomic mass is 19.1. The molecule has 7 heteroatoms. The number of nitrogens with two attached hydrogens (primary N) is 1. The third-order valence-electron chi connectivity index (χ3n) is 5.34. The van der Waals surface area contributed by atoms with Gasteiger partial charge in [0.2, 0.25) is 0 Å². The number of carbonyl (C=O) groups excluding carboxylic acids is 1.